The van der Waals surface area contributed by atoms with E-state index in [9.17, 15) is 13.2 Å². The maximum Gasteiger partial charge on any atom is 0.433 e. The lowest BCUT2D eigenvalue weighted by molar-refractivity contribution is -0.142. The maximum atomic E-state index is 13.0. The van der Waals surface area contributed by atoms with Gasteiger partial charge in [0.2, 0.25) is 0 Å². The molecule has 1 aromatic heterocycles. The topological polar surface area (TPSA) is 61.0 Å². The minimum absolute atomic E-state index is 0.0771. The van der Waals surface area contributed by atoms with Gasteiger partial charge in [0.1, 0.15) is 0 Å². The molecule has 1 atom stereocenters. The van der Waals surface area contributed by atoms with Crippen molar-refractivity contribution < 1.29 is 17.9 Å². The molecule has 0 bridgehead atoms. The summed E-state index contributed by atoms with van der Waals surface area (Å²) in [4.78, 5) is 7.19. The first-order valence-corrected chi connectivity index (χ1v) is 5.65. The zero-order valence-electron chi connectivity index (χ0n) is 9.87. The monoisotopic (exact) mass is 261 g/mol. The molecule has 0 aliphatic heterocycles. The minimum Gasteiger partial charge on any atom is -0.467 e. The highest BCUT2D eigenvalue weighted by Crippen LogP contribution is 2.45. The van der Waals surface area contributed by atoms with E-state index in [2.05, 4.69) is 14.7 Å². The van der Waals surface area contributed by atoms with Gasteiger partial charge >= 0.3 is 12.2 Å². The molecule has 1 saturated carbocycles. The van der Waals surface area contributed by atoms with Crippen molar-refractivity contribution in [3.8, 4) is 6.01 Å². The van der Waals surface area contributed by atoms with Crippen LogP contribution in [0.3, 0.4) is 0 Å². The third-order valence-electron chi connectivity index (χ3n) is 3.09. The Morgan fingerprint density at radius 2 is 2.17 bits per heavy atom. The van der Waals surface area contributed by atoms with E-state index in [0.717, 1.165) is 12.8 Å². The Hall–Kier alpha value is -1.37. The quantitative estimate of drug-likeness (QED) is 0.900. The van der Waals surface area contributed by atoms with Crippen LogP contribution in [0.1, 0.15) is 30.0 Å². The van der Waals surface area contributed by atoms with Gasteiger partial charge in [0.15, 0.2) is 5.69 Å². The zero-order valence-corrected chi connectivity index (χ0v) is 9.87. The number of aromatic nitrogens is 2. The molecule has 0 spiro atoms. The summed E-state index contributed by atoms with van der Waals surface area (Å²) < 4.78 is 43.5. The van der Waals surface area contributed by atoms with Crippen molar-refractivity contribution in [3.63, 3.8) is 0 Å². The van der Waals surface area contributed by atoms with Crippen LogP contribution in [-0.4, -0.2) is 23.6 Å². The van der Waals surface area contributed by atoms with Crippen molar-refractivity contribution >= 4 is 0 Å². The largest absolute Gasteiger partial charge is 0.467 e. The molecular weight excluding hydrogens is 247 g/mol. The highest BCUT2D eigenvalue weighted by Gasteiger charge is 2.41. The van der Waals surface area contributed by atoms with Gasteiger partial charge in [-0.1, -0.05) is 0 Å². The second-order valence-corrected chi connectivity index (χ2v) is 4.34. The van der Waals surface area contributed by atoms with Crippen LogP contribution in [0.4, 0.5) is 13.2 Å². The molecule has 2 rings (SSSR count). The number of nitrogens with two attached hydrogens (primary N) is 1. The van der Waals surface area contributed by atoms with Crippen LogP contribution >= 0.6 is 0 Å². The molecule has 0 radical (unpaired) electrons. The van der Waals surface area contributed by atoms with Crippen molar-refractivity contribution in [2.24, 2.45) is 11.7 Å². The fourth-order valence-electron chi connectivity index (χ4n) is 2.04. The summed E-state index contributed by atoms with van der Waals surface area (Å²) in [7, 11) is 1.23. The van der Waals surface area contributed by atoms with E-state index < -0.39 is 11.9 Å². The molecule has 1 heterocycles. The Balaban J connectivity index is 2.44. The summed E-state index contributed by atoms with van der Waals surface area (Å²) in [5.41, 5.74) is 4.72. The number of ether oxygens (including phenoxy) is 1. The van der Waals surface area contributed by atoms with Gasteiger partial charge in [-0.3, -0.25) is 0 Å². The molecule has 1 fully saturated rings. The first-order chi connectivity index (χ1) is 8.47. The molecule has 18 heavy (non-hydrogen) atoms. The molecule has 7 heteroatoms. The van der Waals surface area contributed by atoms with Crippen molar-refractivity contribution in [1.29, 1.82) is 0 Å². The van der Waals surface area contributed by atoms with E-state index in [0.29, 0.717) is 0 Å². The Morgan fingerprint density at radius 3 is 2.61 bits per heavy atom. The highest BCUT2D eigenvalue weighted by molar-refractivity contribution is 5.28. The number of halogens is 3. The fraction of sp³-hybridized carbons (Fsp3) is 0.636. The summed E-state index contributed by atoms with van der Waals surface area (Å²) in [6.07, 6.45) is -1.52. The Kier molecular flexibility index (Phi) is 3.43. The Morgan fingerprint density at radius 1 is 1.50 bits per heavy atom. The number of hydrogen-bond donors (Lipinski definition) is 1. The van der Waals surface area contributed by atoms with Gasteiger partial charge in [-0.25, -0.2) is 4.98 Å². The molecule has 4 nitrogen and oxygen atoms in total. The van der Waals surface area contributed by atoms with Gasteiger partial charge in [0.05, 0.1) is 7.11 Å². The molecule has 1 unspecified atom stereocenters. The van der Waals surface area contributed by atoms with E-state index >= 15 is 0 Å². The predicted molar refractivity (Wildman–Crippen MR) is 58.1 cm³/mol. The van der Waals surface area contributed by atoms with Gasteiger partial charge in [-0.15, -0.1) is 0 Å². The van der Waals surface area contributed by atoms with Crippen LogP contribution in [0.25, 0.3) is 0 Å². The van der Waals surface area contributed by atoms with Gasteiger partial charge in [0.25, 0.3) is 0 Å². The van der Waals surface area contributed by atoms with Crippen molar-refractivity contribution in [1.82, 2.24) is 9.97 Å². The number of methoxy groups -OCH3 is 1. The second kappa shape index (κ2) is 4.72. The second-order valence-electron chi connectivity index (χ2n) is 4.34. The molecule has 0 aromatic carbocycles. The SMILES string of the molecule is COc1ncc(C(CN)C2CC2)c(C(F)(F)F)n1. The molecule has 0 amide bonds. The molecule has 1 aliphatic rings. The number of alkyl halides is 3. The average molecular weight is 261 g/mol. The third-order valence-corrected chi connectivity index (χ3v) is 3.09. The third kappa shape index (κ3) is 2.55. The molecule has 2 N–H and O–H groups in total. The summed E-state index contributed by atoms with van der Waals surface area (Å²) in [6, 6.07) is -0.280. The van der Waals surface area contributed by atoms with Crippen LogP contribution in [0.2, 0.25) is 0 Å². The van der Waals surface area contributed by atoms with Crippen LogP contribution in [0.15, 0.2) is 6.20 Å². The molecule has 1 aliphatic carbocycles. The Bertz CT molecular complexity index is 432. The first-order valence-electron chi connectivity index (χ1n) is 5.65. The lowest BCUT2D eigenvalue weighted by atomic mass is 9.94. The lowest BCUT2D eigenvalue weighted by Gasteiger charge is -2.19. The predicted octanol–water partition coefficient (Wildman–Crippen LogP) is 1.96. The van der Waals surface area contributed by atoms with Crippen molar-refractivity contribution in [2.75, 3.05) is 13.7 Å². The zero-order chi connectivity index (χ0) is 13.3. The maximum absolute atomic E-state index is 13.0. The van der Waals surface area contributed by atoms with Crippen LogP contribution in [-0.2, 0) is 6.18 Å². The van der Waals surface area contributed by atoms with Crippen molar-refractivity contribution in [3.05, 3.63) is 17.5 Å². The van der Waals surface area contributed by atoms with Crippen LogP contribution < -0.4 is 10.5 Å². The molecule has 0 saturated heterocycles. The normalized spacial score (nSPS) is 17.6. The standard InChI is InChI=1S/C11H14F3N3O/c1-18-10-16-5-8(7(4-15)6-2-3-6)9(17-10)11(12,13)14/h5-7H,2-4,15H2,1H3. The summed E-state index contributed by atoms with van der Waals surface area (Å²) in [6.45, 7) is 0.170. The van der Waals surface area contributed by atoms with E-state index in [1.165, 1.54) is 13.3 Å². The van der Waals surface area contributed by atoms with Gasteiger partial charge in [-0.2, -0.15) is 18.2 Å². The molecule has 100 valence electrons. The van der Waals surface area contributed by atoms with E-state index in [1.54, 1.807) is 0 Å². The number of rotatable bonds is 4. The smallest absolute Gasteiger partial charge is 0.433 e. The number of nitrogens with zero attached hydrogens (tertiary/aromatic N) is 2. The van der Waals surface area contributed by atoms with E-state index in [1.807, 2.05) is 0 Å². The van der Waals surface area contributed by atoms with Gasteiger partial charge < -0.3 is 10.5 Å². The number of hydrogen-bond acceptors (Lipinski definition) is 4. The lowest BCUT2D eigenvalue weighted by Crippen LogP contribution is -2.21. The Labute approximate surface area is 102 Å². The van der Waals surface area contributed by atoms with E-state index in [4.69, 9.17) is 5.73 Å². The average Bonchev–Trinajstić information content (AvgIpc) is 3.13. The summed E-state index contributed by atoms with van der Waals surface area (Å²) >= 11 is 0. The first kappa shape index (κ1) is 13.1. The summed E-state index contributed by atoms with van der Waals surface area (Å²) in [5, 5.41) is 0. The highest BCUT2D eigenvalue weighted by atomic mass is 19.4. The fourth-order valence-corrected chi connectivity index (χ4v) is 2.04. The van der Waals surface area contributed by atoms with Crippen molar-refractivity contribution in [2.45, 2.75) is 24.9 Å². The molecule has 1 aromatic rings. The molecular formula is C11H14F3N3O. The minimum atomic E-state index is -4.52. The van der Waals surface area contributed by atoms with Crippen LogP contribution in [0, 0.1) is 5.92 Å². The van der Waals surface area contributed by atoms with Crippen LogP contribution in [0.5, 0.6) is 6.01 Å². The summed E-state index contributed by atoms with van der Waals surface area (Å²) in [5.74, 6) is -0.111. The van der Waals surface area contributed by atoms with Gasteiger partial charge in [0, 0.05) is 17.7 Å². The van der Waals surface area contributed by atoms with Gasteiger partial charge in [-0.05, 0) is 25.3 Å². The van der Waals surface area contributed by atoms with E-state index in [-0.39, 0.29) is 30.0 Å².